The molecule has 1 aromatic heterocycles. The number of alkyl halides is 3. The Balaban J connectivity index is 2.06. The highest BCUT2D eigenvalue weighted by Crippen LogP contribution is 2.38. The average molecular weight is 422 g/mol. The molecule has 0 aliphatic rings. The van der Waals surface area contributed by atoms with Crippen LogP contribution in [0.5, 0.6) is 17.2 Å². The molecule has 3 rings (SSSR count). The highest BCUT2D eigenvalue weighted by molar-refractivity contribution is 5.80. The van der Waals surface area contributed by atoms with E-state index in [4.69, 9.17) is 19.0 Å². The highest BCUT2D eigenvalue weighted by atomic mass is 19.4. The Kier molecular flexibility index (Phi) is 6.00. The van der Waals surface area contributed by atoms with Crippen LogP contribution in [0.4, 0.5) is 13.2 Å². The van der Waals surface area contributed by atoms with E-state index < -0.39 is 41.3 Å². The Hall–Kier alpha value is -3.49. The van der Waals surface area contributed by atoms with Crippen molar-refractivity contribution in [1.82, 2.24) is 0 Å². The maximum absolute atomic E-state index is 13.6. The van der Waals surface area contributed by atoms with E-state index in [1.165, 1.54) is 24.3 Å². The second-order valence-electron chi connectivity index (χ2n) is 6.42. The lowest BCUT2D eigenvalue weighted by atomic mass is 10.1. The first-order chi connectivity index (χ1) is 14.2. The summed E-state index contributed by atoms with van der Waals surface area (Å²) >= 11 is 0. The molecule has 9 heteroatoms. The predicted octanol–water partition coefficient (Wildman–Crippen LogP) is 5.02. The van der Waals surface area contributed by atoms with Crippen LogP contribution in [0, 0.1) is 0 Å². The zero-order valence-corrected chi connectivity index (χ0v) is 15.8. The van der Waals surface area contributed by atoms with Crippen molar-refractivity contribution < 1.29 is 37.0 Å². The van der Waals surface area contributed by atoms with E-state index in [1.54, 1.807) is 12.1 Å². The third kappa shape index (κ3) is 4.73. The van der Waals surface area contributed by atoms with Crippen molar-refractivity contribution in [2.45, 2.75) is 25.9 Å². The zero-order chi connectivity index (χ0) is 21.9. The molecule has 0 amide bonds. The van der Waals surface area contributed by atoms with Gasteiger partial charge < -0.3 is 19.0 Å². The van der Waals surface area contributed by atoms with E-state index >= 15 is 0 Å². The van der Waals surface area contributed by atoms with Crippen LogP contribution in [0.15, 0.2) is 51.7 Å². The fraction of sp³-hybridized carbons (Fsp3) is 0.238. The van der Waals surface area contributed by atoms with Gasteiger partial charge in [0.25, 0.3) is 5.76 Å². The molecule has 0 aliphatic heterocycles. The molecular weight excluding hydrogens is 405 g/mol. The number of hydrogen-bond donors (Lipinski definition) is 1. The predicted molar refractivity (Wildman–Crippen MR) is 101 cm³/mol. The molecule has 1 heterocycles. The van der Waals surface area contributed by atoms with Crippen LogP contribution < -0.4 is 14.9 Å². The molecular formula is C21H17F3O6. The lowest BCUT2D eigenvalue weighted by Crippen LogP contribution is -2.15. The molecule has 0 radical (unpaired) electrons. The van der Waals surface area contributed by atoms with Gasteiger partial charge in [-0.05, 0) is 36.2 Å². The molecule has 0 saturated carbocycles. The van der Waals surface area contributed by atoms with Crippen molar-refractivity contribution >= 4 is 16.9 Å². The van der Waals surface area contributed by atoms with Gasteiger partial charge in [0, 0.05) is 6.07 Å². The number of hydrogen-bond acceptors (Lipinski definition) is 5. The van der Waals surface area contributed by atoms with Gasteiger partial charge in [0.2, 0.25) is 11.2 Å². The van der Waals surface area contributed by atoms with Crippen molar-refractivity contribution in [2.75, 3.05) is 6.61 Å². The number of fused-ring (bicyclic) bond motifs is 1. The van der Waals surface area contributed by atoms with Crippen molar-refractivity contribution in [3.05, 3.63) is 64.0 Å². The van der Waals surface area contributed by atoms with E-state index in [1.807, 2.05) is 6.92 Å². The van der Waals surface area contributed by atoms with Crippen LogP contribution in [0.1, 0.15) is 24.7 Å². The Morgan fingerprint density at radius 2 is 1.77 bits per heavy atom. The Labute approximate surface area is 168 Å². The number of carbonyl (C=O) groups is 1. The summed E-state index contributed by atoms with van der Waals surface area (Å²) in [6.45, 7) is 1.30. The number of benzene rings is 2. The van der Waals surface area contributed by atoms with Crippen molar-refractivity contribution in [2.24, 2.45) is 0 Å². The minimum atomic E-state index is -5.00. The molecule has 0 saturated heterocycles. The van der Waals surface area contributed by atoms with E-state index in [9.17, 15) is 22.8 Å². The van der Waals surface area contributed by atoms with Crippen LogP contribution in [-0.2, 0) is 17.4 Å². The molecule has 0 aliphatic carbocycles. The summed E-state index contributed by atoms with van der Waals surface area (Å²) in [6.07, 6.45) is -3.29. The van der Waals surface area contributed by atoms with Gasteiger partial charge in [0.1, 0.15) is 17.1 Å². The van der Waals surface area contributed by atoms with E-state index in [0.717, 1.165) is 24.5 Å². The van der Waals surface area contributed by atoms with Crippen molar-refractivity contribution in [3.8, 4) is 17.2 Å². The summed E-state index contributed by atoms with van der Waals surface area (Å²) < 4.78 is 55.8. The number of rotatable bonds is 7. The van der Waals surface area contributed by atoms with Crippen LogP contribution in [0.2, 0.25) is 0 Å². The van der Waals surface area contributed by atoms with Gasteiger partial charge in [0.05, 0.1) is 5.39 Å². The zero-order valence-electron chi connectivity index (χ0n) is 15.8. The number of aliphatic carboxylic acids is 1. The summed E-state index contributed by atoms with van der Waals surface area (Å²) in [6, 6.07) is 9.86. The van der Waals surface area contributed by atoms with E-state index in [2.05, 4.69) is 0 Å². The summed E-state index contributed by atoms with van der Waals surface area (Å²) in [5.41, 5.74) is -0.424. The van der Waals surface area contributed by atoms with Crippen LogP contribution in [-0.4, -0.2) is 17.7 Å². The minimum absolute atomic E-state index is 0.0543. The van der Waals surface area contributed by atoms with Gasteiger partial charge in [-0.25, -0.2) is 4.79 Å². The lowest BCUT2D eigenvalue weighted by Gasteiger charge is -2.14. The standard InChI is InChI=1S/C21H17F3O6/c1-2-3-12-4-6-13(7-5-12)29-19-18(27)15-9-8-14(28-11-17(25)26)10-16(15)30-20(19)21(22,23)24/h4-10H,2-3,11H2,1H3,(H,25,26). The highest BCUT2D eigenvalue weighted by Gasteiger charge is 2.40. The fourth-order valence-corrected chi connectivity index (χ4v) is 2.80. The minimum Gasteiger partial charge on any atom is -0.482 e. The van der Waals surface area contributed by atoms with Crippen molar-refractivity contribution in [3.63, 3.8) is 0 Å². The summed E-state index contributed by atoms with van der Waals surface area (Å²) in [5, 5.41) is 8.48. The molecule has 30 heavy (non-hydrogen) atoms. The summed E-state index contributed by atoms with van der Waals surface area (Å²) in [4.78, 5) is 23.3. The third-order valence-electron chi connectivity index (χ3n) is 4.12. The summed E-state index contributed by atoms with van der Waals surface area (Å²) in [7, 11) is 0. The molecule has 0 unspecified atom stereocenters. The first-order valence-electron chi connectivity index (χ1n) is 8.98. The van der Waals surface area contributed by atoms with E-state index in [-0.39, 0.29) is 16.9 Å². The SMILES string of the molecule is CCCc1ccc(Oc2c(C(F)(F)F)oc3cc(OCC(=O)O)ccc3c2=O)cc1. The topological polar surface area (TPSA) is 86.0 Å². The van der Waals surface area contributed by atoms with Gasteiger partial charge in [-0.3, -0.25) is 4.79 Å². The van der Waals surface area contributed by atoms with Crippen LogP contribution in [0.3, 0.4) is 0 Å². The molecule has 0 atom stereocenters. The second kappa shape index (κ2) is 8.48. The first kappa shape index (κ1) is 21.2. The number of carboxylic acids is 1. The van der Waals surface area contributed by atoms with Gasteiger partial charge in [0.15, 0.2) is 6.61 Å². The Morgan fingerprint density at radius 1 is 1.10 bits per heavy atom. The summed E-state index contributed by atoms with van der Waals surface area (Å²) in [5.74, 6) is -3.82. The maximum Gasteiger partial charge on any atom is 0.453 e. The number of halogens is 3. The molecule has 2 aromatic carbocycles. The van der Waals surface area contributed by atoms with Gasteiger partial charge in [-0.15, -0.1) is 0 Å². The first-order valence-corrected chi connectivity index (χ1v) is 8.98. The number of aryl methyl sites for hydroxylation is 1. The second-order valence-corrected chi connectivity index (χ2v) is 6.42. The fourth-order valence-electron chi connectivity index (χ4n) is 2.80. The van der Waals surface area contributed by atoms with E-state index in [0.29, 0.717) is 0 Å². The average Bonchev–Trinajstić information content (AvgIpc) is 2.69. The third-order valence-corrected chi connectivity index (χ3v) is 4.12. The van der Waals surface area contributed by atoms with Gasteiger partial charge in [-0.1, -0.05) is 25.5 Å². The van der Waals surface area contributed by atoms with Gasteiger partial charge in [-0.2, -0.15) is 13.2 Å². The number of carboxylic acid groups (broad SMARTS) is 1. The normalized spacial score (nSPS) is 11.5. The Bertz CT molecular complexity index is 1120. The molecule has 158 valence electrons. The molecule has 0 spiro atoms. The van der Waals surface area contributed by atoms with Crippen LogP contribution in [0.25, 0.3) is 11.0 Å². The maximum atomic E-state index is 13.6. The monoisotopic (exact) mass is 422 g/mol. The quantitative estimate of drug-likeness (QED) is 0.575. The molecule has 1 N–H and O–H groups in total. The molecule has 0 bridgehead atoms. The molecule has 0 fully saturated rings. The van der Waals surface area contributed by atoms with Crippen molar-refractivity contribution in [1.29, 1.82) is 0 Å². The Morgan fingerprint density at radius 3 is 2.37 bits per heavy atom. The van der Waals surface area contributed by atoms with Crippen LogP contribution >= 0.6 is 0 Å². The lowest BCUT2D eigenvalue weighted by molar-refractivity contribution is -0.154. The smallest absolute Gasteiger partial charge is 0.453 e. The molecule has 6 nitrogen and oxygen atoms in total. The largest absolute Gasteiger partial charge is 0.482 e. The number of ether oxygens (including phenoxy) is 2. The molecule has 3 aromatic rings. The van der Waals surface area contributed by atoms with Gasteiger partial charge >= 0.3 is 12.1 Å².